The number of carbonyl (C=O) groups is 5. The Kier molecular flexibility index (Phi) is 5.17. The summed E-state index contributed by atoms with van der Waals surface area (Å²) in [7, 11) is 0. The first-order valence-corrected chi connectivity index (χ1v) is 9.32. The van der Waals surface area contributed by atoms with Crippen molar-refractivity contribution in [1.82, 2.24) is 15.1 Å². The Morgan fingerprint density at radius 3 is 2.48 bits per heavy atom. The highest BCUT2D eigenvalue weighted by Gasteiger charge is 2.37. The molecule has 0 aromatic heterocycles. The molecule has 0 bridgehead atoms. The quantitative estimate of drug-likeness (QED) is 0.736. The lowest BCUT2D eigenvalue weighted by molar-refractivity contribution is -0.124. The van der Waals surface area contributed by atoms with Crippen LogP contribution in [0.1, 0.15) is 34.6 Å². The molecule has 2 aliphatic rings. The predicted molar refractivity (Wildman–Crippen MR) is 98.7 cm³/mol. The molecule has 3 rings (SSSR count). The highest BCUT2D eigenvalue weighted by Crippen LogP contribution is 2.27. The standard InChI is InChI=1S/C17H18N4O5S/c1-9(2)21-14(23)11-4-3-10(7-12(11)15(21)24)19-16(25)18-5-6-20-13(22)8-27-17(20)26/h3-4,7,9H,5-6,8H2,1-2H3,(H2,18,19,25). The van der Waals surface area contributed by atoms with Gasteiger partial charge in [0.15, 0.2) is 0 Å². The SMILES string of the molecule is CC(C)N1C(=O)c2ccc(NC(=O)NCCN3C(=O)CSC3=O)cc2C1=O. The van der Waals surface area contributed by atoms with Gasteiger partial charge in [0.05, 0.1) is 16.9 Å². The van der Waals surface area contributed by atoms with Gasteiger partial charge in [0, 0.05) is 24.8 Å². The molecule has 6 amide bonds. The van der Waals surface area contributed by atoms with E-state index in [1.165, 1.54) is 23.1 Å². The number of carbonyl (C=O) groups excluding carboxylic acids is 5. The second kappa shape index (κ2) is 7.39. The number of benzene rings is 1. The van der Waals surface area contributed by atoms with Crippen molar-refractivity contribution in [2.24, 2.45) is 0 Å². The van der Waals surface area contributed by atoms with Crippen molar-refractivity contribution in [2.45, 2.75) is 19.9 Å². The zero-order valence-corrected chi connectivity index (χ0v) is 15.6. The zero-order valence-electron chi connectivity index (χ0n) is 14.8. The number of hydrogen-bond acceptors (Lipinski definition) is 6. The molecule has 0 radical (unpaired) electrons. The van der Waals surface area contributed by atoms with Crippen LogP contribution in [0.5, 0.6) is 0 Å². The Morgan fingerprint density at radius 1 is 1.15 bits per heavy atom. The van der Waals surface area contributed by atoms with E-state index in [9.17, 15) is 24.0 Å². The van der Waals surface area contributed by atoms with Crippen LogP contribution in [0, 0.1) is 0 Å². The molecule has 9 nitrogen and oxygen atoms in total. The number of hydrogen-bond donors (Lipinski definition) is 2. The van der Waals surface area contributed by atoms with Crippen molar-refractivity contribution in [3.8, 4) is 0 Å². The van der Waals surface area contributed by atoms with Gasteiger partial charge in [-0.2, -0.15) is 0 Å². The van der Waals surface area contributed by atoms with E-state index in [1.54, 1.807) is 13.8 Å². The minimum absolute atomic E-state index is 0.0958. The molecule has 2 N–H and O–H groups in total. The van der Waals surface area contributed by atoms with Gasteiger partial charge in [-0.3, -0.25) is 29.0 Å². The Labute approximate surface area is 159 Å². The molecule has 2 aliphatic heterocycles. The number of fused-ring (bicyclic) bond motifs is 1. The number of thioether (sulfide) groups is 1. The third-order valence-electron chi connectivity index (χ3n) is 4.15. The van der Waals surface area contributed by atoms with E-state index in [0.717, 1.165) is 16.7 Å². The number of urea groups is 1. The van der Waals surface area contributed by atoms with E-state index in [2.05, 4.69) is 10.6 Å². The molecule has 1 saturated heterocycles. The Hall–Kier alpha value is -2.88. The lowest BCUT2D eigenvalue weighted by atomic mass is 10.1. The van der Waals surface area contributed by atoms with Crippen LogP contribution >= 0.6 is 11.8 Å². The van der Waals surface area contributed by atoms with Gasteiger partial charge in [0.25, 0.3) is 17.1 Å². The summed E-state index contributed by atoms with van der Waals surface area (Å²) in [5, 5.41) is 4.80. The van der Waals surface area contributed by atoms with Gasteiger partial charge in [-0.25, -0.2) is 4.79 Å². The summed E-state index contributed by atoms with van der Waals surface area (Å²) >= 11 is 0.934. The third-order valence-corrected chi connectivity index (χ3v) is 5.01. The lowest BCUT2D eigenvalue weighted by Crippen LogP contribution is -2.39. The normalized spacial score (nSPS) is 16.4. The maximum atomic E-state index is 12.4. The van der Waals surface area contributed by atoms with Crippen LogP contribution in [0.2, 0.25) is 0 Å². The average Bonchev–Trinajstić information content (AvgIpc) is 3.05. The van der Waals surface area contributed by atoms with Gasteiger partial charge in [-0.15, -0.1) is 0 Å². The fourth-order valence-corrected chi connectivity index (χ4v) is 3.61. The van der Waals surface area contributed by atoms with Crippen LogP contribution in [0.4, 0.5) is 15.3 Å². The average molecular weight is 390 g/mol. The topological polar surface area (TPSA) is 116 Å². The number of nitrogens with one attached hydrogen (secondary N) is 2. The first-order valence-electron chi connectivity index (χ1n) is 8.33. The van der Waals surface area contributed by atoms with E-state index in [-0.39, 0.29) is 47.5 Å². The van der Waals surface area contributed by atoms with E-state index < -0.39 is 11.9 Å². The minimum atomic E-state index is -0.542. The molecule has 1 fully saturated rings. The first-order chi connectivity index (χ1) is 12.8. The Morgan fingerprint density at radius 2 is 1.85 bits per heavy atom. The van der Waals surface area contributed by atoms with Gasteiger partial charge in [0.2, 0.25) is 5.91 Å². The van der Waals surface area contributed by atoms with Crippen molar-refractivity contribution >= 4 is 46.4 Å². The largest absolute Gasteiger partial charge is 0.336 e. The fraction of sp³-hybridized carbons (Fsp3) is 0.353. The van der Waals surface area contributed by atoms with Gasteiger partial charge in [0.1, 0.15) is 0 Å². The number of rotatable bonds is 5. The van der Waals surface area contributed by atoms with E-state index in [1.807, 2.05) is 0 Å². The molecule has 10 heteroatoms. The summed E-state index contributed by atoms with van der Waals surface area (Å²) in [6, 6.07) is 3.71. The van der Waals surface area contributed by atoms with Crippen LogP contribution < -0.4 is 10.6 Å². The van der Waals surface area contributed by atoms with Crippen LogP contribution in [-0.2, 0) is 4.79 Å². The van der Waals surface area contributed by atoms with Gasteiger partial charge >= 0.3 is 6.03 Å². The minimum Gasteiger partial charge on any atom is -0.336 e. The molecule has 142 valence electrons. The zero-order chi connectivity index (χ0) is 19.7. The van der Waals surface area contributed by atoms with Crippen LogP contribution in [0.3, 0.4) is 0 Å². The molecular weight excluding hydrogens is 372 g/mol. The van der Waals surface area contributed by atoms with Gasteiger partial charge in [-0.05, 0) is 32.0 Å². The maximum absolute atomic E-state index is 12.4. The Balaban J connectivity index is 1.58. The van der Waals surface area contributed by atoms with Crippen molar-refractivity contribution in [2.75, 3.05) is 24.2 Å². The van der Waals surface area contributed by atoms with Crippen LogP contribution in [0.25, 0.3) is 0 Å². The molecular formula is C17H18N4O5S. The molecule has 0 atom stereocenters. The monoisotopic (exact) mass is 390 g/mol. The summed E-state index contributed by atoms with van der Waals surface area (Å²) in [6.07, 6.45) is 0. The van der Waals surface area contributed by atoms with E-state index in [4.69, 9.17) is 0 Å². The number of nitrogens with zero attached hydrogens (tertiary/aromatic N) is 2. The second-order valence-electron chi connectivity index (χ2n) is 6.32. The highest BCUT2D eigenvalue weighted by molar-refractivity contribution is 8.14. The number of anilines is 1. The molecule has 0 unspecified atom stereocenters. The second-order valence-corrected chi connectivity index (χ2v) is 7.24. The van der Waals surface area contributed by atoms with E-state index >= 15 is 0 Å². The van der Waals surface area contributed by atoms with E-state index in [0.29, 0.717) is 11.3 Å². The lowest BCUT2D eigenvalue weighted by Gasteiger charge is -2.17. The van der Waals surface area contributed by atoms with Crippen molar-refractivity contribution in [3.05, 3.63) is 29.3 Å². The van der Waals surface area contributed by atoms with Gasteiger partial charge in [-0.1, -0.05) is 11.8 Å². The first kappa shape index (κ1) is 18.9. The smallest absolute Gasteiger partial charge is 0.319 e. The maximum Gasteiger partial charge on any atom is 0.319 e. The summed E-state index contributed by atoms with van der Waals surface area (Å²) in [5.74, 6) is -0.888. The molecule has 2 heterocycles. The molecule has 1 aromatic carbocycles. The fourth-order valence-electron chi connectivity index (χ4n) is 2.86. The number of amides is 6. The predicted octanol–water partition coefficient (Wildman–Crippen LogP) is 1.51. The summed E-state index contributed by atoms with van der Waals surface area (Å²) < 4.78 is 0. The number of imide groups is 2. The van der Waals surface area contributed by atoms with Crippen molar-refractivity contribution in [3.63, 3.8) is 0 Å². The molecule has 27 heavy (non-hydrogen) atoms. The Bertz CT molecular complexity index is 838. The summed E-state index contributed by atoms with van der Waals surface area (Å²) in [6.45, 7) is 3.71. The summed E-state index contributed by atoms with van der Waals surface area (Å²) in [4.78, 5) is 61.8. The van der Waals surface area contributed by atoms with Crippen molar-refractivity contribution in [1.29, 1.82) is 0 Å². The molecule has 1 aromatic rings. The van der Waals surface area contributed by atoms with Gasteiger partial charge < -0.3 is 10.6 Å². The molecule has 0 aliphatic carbocycles. The highest BCUT2D eigenvalue weighted by atomic mass is 32.2. The van der Waals surface area contributed by atoms with Crippen molar-refractivity contribution < 1.29 is 24.0 Å². The van der Waals surface area contributed by atoms with Crippen LogP contribution in [0.15, 0.2) is 18.2 Å². The molecule has 0 spiro atoms. The summed E-state index contributed by atoms with van der Waals surface area (Å²) in [5.41, 5.74) is 0.918. The van der Waals surface area contributed by atoms with Crippen LogP contribution in [-0.4, -0.2) is 63.7 Å². The third kappa shape index (κ3) is 3.65. The molecule has 0 saturated carbocycles.